The Morgan fingerprint density at radius 1 is 1.50 bits per heavy atom. The molecule has 1 rings (SSSR count). The molecule has 3 amide bonds. The second-order valence-corrected chi connectivity index (χ2v) is 4.60. The molecule has 18 heavy (non-hydrogen) atoms. The van der Waals surface area contributed by atoms with E-state index in [2.05, 4.69) is 5.32 Å². The molecule has 0 saturated carbocycles. The number of thioether (sulfide) groups is 1. The molecule has 100 valence electrons. The fourth-order valence-electron chi connectivity index (χ4n) is 1.40. The highest BCUT2D eigenvalue weighted by Gasteiger charge is 2.34. The molecule has 7 nitrogen and oxygen atoms in total. The van der Waals surface area contributed by atoms with Crippen LogP contribution in [0.25, 0.3) is 0 Å². The van der Waals surface area contributed by atoms with Gasteiger partial charge in [-0.25, -0.2) is 4.79 Å². The summed E-state index contributed by atoms with van der Waals surface area (Å²) in [4.78, 5) is 49.3. The zero-order valence-corrected chi connectivity index (χ0v) is 10.7. The van der Waals surface area contributed by atoms with Crippen molar-refractivity contribution >= 4 is 36.0 Å². The molecule has 0 spiro atoms. The lowest BCUT2D eigenvalue weighted by atomic mass is 10.2. The molecule has 8 heteroatoms. The molecule has 0 aliphatic carbocycles. The van der Waals surface area contributed by atoms with E-state index < -0.39 is 23.8 Å². The number of amides is 3. The minimum absolute atomic E-state index is 0.0443. The fourth-order valence-corrected chi connectivity index (χ4v) is 1.87. The van der Waals surface area contributed by atoms with E-state index in [4.69, 9.17) is 4.84 Å². The van der Waals surface area contributed by atoms with Crippen molar-refractivity contribution in [1.29, 1.82) is 0 Å². The van der Waals surface area contributed by atoms with E-state index in [1.807, 2.05) is 6.26 Å². The van der Waals surface area contributed by atoms with Gasteiger partial charge >= 0.3 is 5.97 Å². The monoisotopic (exact) mass is 274 g/mol. The largest absolute Gasteiger partial charge is 0.355 e. The van der Waals surface area contributed by atoms with Gasteiger partial charge in [0.15, 0.2) is 0 Å². The molecule has 1 N–H and O–H groups in total. The van der Waals surface area contributed by atoms with Crippen LogP contribution in [0.3, 0.4) is 0 Å². The Balaban J connectivity index is 2.57. The first-order valence-corrected chi connectivity index (χ1v) is 6.75. The second-order valence-electron chi connectivity index (χ2n) is 3.61. The summed E-state index contributed by atoms with van der Waals surface area (Å²) in [5.74, 6) is -1.24. The number of carbonyl (C=O) groups excluding carboxylic acids is 4. The average molecular weight is 274 g/mol. The van der Waals surface area contributed by atoms with Gasteiger partial charge in [-0.2, -0.15) is 11.8 Å². The van der Waals surface area contributed by atoms with Gasteiger partial charge in [-0.05, 0) is 18.4 Å². The summed E-state index contributed by atoms with van der Waals surface area (Å²) in [6.07, 6.45) is 2.71. The molecule has 0 aromatic carbocycles. The van der Waals surface area contributed by atoms with Crippen molar-refractivity contribution in [1.82, 2.24) is 10.4 Å². The molecule has 1 heterocycles. The molecule has 0 aromatic heterocycles. The van der Waals surface area contributed by atoms with Crippen LogP contribution < -0.4 is 5.32 Å². The molecule has 1 fully saturated rings. The van der Waals surface area contributed by atoms with E-state index in [1.165, 1.54) is 11.8 Å². The average Bonchev–Trinajstić information content (AvgIpc) is 2.66. The summed E-state index contributed by atoms with van der Waals surface area (Å²) in [7, 11) is 0. The highest BCUT2D eigenvalue weighted by Crippen LogP contribution is 2.13. The van der Waals surface area contributed by atoms with Crippen LogP contribution in [-0.4, -0.2) is 47.3 Å². The van der Waals surface area contributed by atoms with E-state index in [-0.39, 0.29) is 12.8 Å². The van der Waals surface area contributed by atoms with Crippen LogP contribution in [0.2, 0.25) is 0 Å². The molecule has 0 bridgehead atoms. The molecule has 0 unspecified atom stereocenters. The van der Waals surface area contributed by atoms with Gasteiger partial charge in [-0.3, -0.25) is 14.4 Å². The van der Waals surface area contributed by atoms with Crippen molar-refractivity contribution in [3.8, 4) is 0 Å². The smallest absolute Gasteiger partial charge is 0.345 e. The van der Waals surface area contributed by atoms with Gasteiger partial charge in [-0.1, -0.05) is 0 Å². The van der Waals surface area contributed by atoms with E-state index in [9.17, 15) is 19.2 Å². The molecule has 1 saturated heterocycles. The minimum atomic E-state index is -0.851. The summed E-state index contributed by atoms with van der Waals surface area (Å²) in [5.41, 5.74) is 0. The van der Waals surface area contributed by atoms with Crippen LogP contribution in [0.1, 0.15) is 19.3 Å². The van der Waals surface area contributed by atoms with Gasteiger partial charge in [0.2, 0.25) is 6.41 Å². The number of hydroxylamine groups is 2. The van der Waals surface area contributed by atoms with Crippen molar-refractivity contribution in [3.05, 3.63) is 0 Å². The Hall–Kier alpha value is -1.57. The lowest BCUT2D eigenvalue weighted by molar-refractivity contribution is -0.199. The van der Waals surface area contributed by atoms with E-state index in [0.717, 1.165) is 0 Å². The van der Waals surface area contributed by atoms with Crippen LogP contribution in [0, 0.1) is 0 Å². The first kappa shape index (κ1) is 14.5. The molecule has 1 atom stereocenters. The van der Waals surface area contributed by atoms with Crippen molar-refractivity contribution < 1.29 is 24.0 Å². The van der Waals surface area contributed by atoms with Gasteiger partial charge in [0, 0.05) is 12.8 Å². The molecule has 1 aliphatic heterocycles. The van der Waals surface area contributed by atoms with Crippen molar-refractivity contribution in [2.45, 2.75) is 25.3 Å². The number of hydrogen-bond acceptors (Lipinski definition) is 6. The third kappa shape index (κ3) is 3.73. The molecular weight excluding hydrogens is 260 g/mol. The van der Waals surface area contributed by atoms with Crippen molar-refractivity contribution in [3.63, 3.8) is 0 Å². The quantitative estimate of drug-likeness (QED) is 0.495. The fraction of sp³-hybridized carbons (Fsp3) is 0.600. The maximum atomic E-state index is 11.7. The Labute approximate surface area is 108 Å². The lowest BCUT2D eigenvalue weighted by Gasteiger charge is -2.18. The van der Waals surface area contributed by atoms with Crippen LogP contribution in [0.5, 0.6) is 0 Å². The third-order valence-electron chi connectivity index (χ3n) is 2.35. The van der Waals surface area contributed by atoms with Gasteiger partial charge in [0.25, 0.3) is 11.8 Å². The molecule has 1 aliphatic rings. The second kappa shape index (κ2) is 7.00. The maximum Gasteiger partial charge on any atom is 0.355 e. The van der Waals surface area contributed by atoms with Gasteiger partial charge < -0.3 is 10.2 Å². The zero-order valence-electron chi connectivity index (χ0n) is 9.88. The number of nitrogens with one attached hydrogen (secondary N) is 1. The SMILES string of the molecule is CSCC[C@H](NC=O)C(=O)ON1C(=O)CCC1=O. The first-order valence-electron chi connectivity index (χ1n) is 5.36. The van der Waals surface area contributed by atoms with Crippen LogP contribution in [0.15, 0.2) is 0 Å². The van der Waals surface area contributed by atoms with Crippen LogP contribution in [-0.2, 0) is 24.0 Å². The third-order valence-corrected chi connectivity index (χ3v) is 3.00. The highest BCUT2D eigenvalue weighted by molar-refractivity contribution is 7.98. The van der Waals surface area contributed by atoms with Crippen molar-refractivity contribution in [2.24, 2.45) is 0 Å². The number of imide groups is 1. The predicted octanol–water partition coefficient (Wildman–Crippen LogP) is -0.539. The predicted molar refractivity (Wildman–Crippen MR) is 63.2 cm³/mol. The minimum Gasteiger partial charge on any atom is -0.345 e. The maximum absolute atomic E-state index is 11.7. The zero-order chi connectivity index (χ0) is 13.5. The molecular formula is C10H14N2O5S. The summed E-state index contributed by atoms with van der Waals surface area (Å²) in [6.45, 7) is 0. The molecule has 0 aromatic rings. The lowest BCUT2D eigenvalue weighted by Crippen LogP contribution is -2.42. The number of carbonyl (C=O) groups is 4. The summed E-state index contributed by atoms with van der Waals surface area (Å²) >= 11 is 1.51. The van der Waals surface area contributed by atoms with E-state index >= 15 is 0 Å². The number of hydrogen-bond donors (Lipinski definition) is 1. The van der Waals surface area contributed by atoms with Gasteiger partial charge in [-0.15, -0.1) is 5.06 Å². The highest BCUT2D eigenvalue weighted by atomic mass is 32.2. The summed E-state index contributed by atoms with van der Waals surface area (Å²) in [5, 5.41) is 2.78. The van der Waals surface area contributed by atoms with Crippen molar-refractivity contribution in [2.75, 3.05) is 12.0 Å². The van der Waals surface area contributed by atoms with Gasteiger partial charge in [0.05, 0.1) is 0 Å². The molecule has 0 radical (unpaired) electrons. The Morgan fingerprint density at radius 3 is 2.61 bits per heavy atom. The van der Waals surface area contributed by atoms with Crippen LogP contribution in [0.4, 0.5) is 0 Å². The normalized spacial score (nSPS) is 16.6. The summed E-state index contributed by atoms with van der Waals surface area (Å²) in [6, 6.07) is -0.851. The standard InChI is InChI=1S/C10H14N2O5S/c1-18-5-4-7(11-6-13)10(16)17-12-8(14)2-3-9(12)15/h6-7H,2-5H2,1H3,(H,11,13)/t7-/m0/s1. The Kier molecular flexibility index (Phi) is 5.63. The number of rotatable bonds is 7. The Bertz CT molecular complexity index is 344. The van der Waals surface area contributed by atoms with Gasteiger partial charge in [0.1, 0.15) is 6.04 Å². The summed E-state index contributed by atoms with van der Waals surface area (Å²) < 4.78 is 0. The first-order chi connectivity index (χ1) is 8.60. The number of nitrogens with zero attached hydrogens (tertiary/aromatic N) is 1. The van der Waals surface area contributed by atoms with E-state index in [0.29, 0.717) is 23.6 Å². The topological polar surface area (TPSA) is 92.8 Å². The van der Waals surface area contributed by atoms with Crippen LogP contribution >= 0.6 is 11.8 Å². The van der Waals surface area contributed by atoms with E-state index in [1.54, 1.807) is 0 Å². The Morgan fingerprint density at radius 2 is 2.11 bits per heavy atom.